The van der Waals surface area contributed by atoms with Gasteiger partial charge < -0.3 is 15.4 Å². The zero-order chi connectivity index (χ0) is 17.4. The lowest BCUT2D eigenvalue weighted by molar-refractivity contribution is 0.224. The molecule has 2 rings (SSSR count). The number of rotatable bonds is 7. The molecule has 0 saturated heterocycles. The van der Waals surface area contributed by atoms with Gasteiger partial charge in [0.2, 0.25) is 0 Å². The molecule has 0 aliphatic heterocycles. The van der Waals surface area contributed by atoms with Crippen LogP contribution in [0.4, 0.5) is 13.6 Å². The number of amides is 2. The van der Waals surface area contributed by atoms with Crippen molar-refractivity contribution in [3.8, 4) is 5.75 Å². The minimum Gasteiger partial charge on any atom is -0.488 e. The quantitative estimate of drug-likeness (QED) is 0.740. The molecule has 132 valence electrons. The molecule has 1 aliphatic rings. The van der Waals surface area contributed by atoms with E-state index in [1.807, 2.05) is 0 Å². The summed E-state index contributed by atoms with van der Waals surface area (Å²) in [5.74, 6) is -1.44. The smallest absolute Gasteiger partial charge is 0.315 e. The summed E-state index contributed by atoms with van der Waals surface area (Å²) in [6.07, 6.45) is 7.87. The van der Waals surface area contributed by atoms with E-state index in [9.17, 15) is 13.6 Å². The fraction of sp³-hybridized carbons (Fsp3) is 0.500. The second-order valence-corrected chi connectivity index (χ2v) is 6.05. The number of urea groups is 1. The van der Waals surface area contributed by atoms with Gasteiger partial charge in [-0.2, -0.15) is 0 Å². The first-order chi connectivity index (χ1) is 11.5. The zero-order valence-electron chi connectivity index (χ0n) is 13.9. The molecule has 24 heavy (non-hydrogen) atoms. The van der Waals surface area contributed by atoms with E-state index in [0.717, 1.165) is 31.4 Å². The van der Waals surface area contributed by atoms with Gasteiger partial charge in [-0.3, -0.25) is 0 Å². The van der Waals surface area contributed by atoms with Gasteiger partial charge in [-0.15, -0.1) is 0 Å². The third kappa shape index (κ3) is 6.18. The van der Waals surface area contributed by atoms with Gasteiger partial charge in [0, 0.05) is 12.6 Å². The maximum atomic E-state index is 13.4. The van der Waals surface area contributed by atoms with Gasteiger partial charge in [-0.25, -0.2) is 13.6 Å². The molecule has 2 N–H and O–H groups in total. The van der Waals surface area contributed by atoms with Crippen molar-refractivity contribution in [2.24, 2.45) is 0 Å². The van der Waals surface area contributed by atoms with Crippen LogP contribution in [-0.4, -0.2) is 25.2 Å². The summed E-state index contributed by atoms with van der Waals surface area (Å²) in [6.45, 7) is 2.45. The molecule has 6 heteroatoms. The highest BCUT2D eigenvalue weighted by atomic mass is 19.1. The molecule has 1 aliphatic carbocycles. The van der Waals surface area contributed by atoms with E-state index in [4.69, 9.17) is 4.74 Å². The Morgan fingerprint density at radius 1 is 1.33 bits per heavy atom. The number of benzene rings is 1. The SMILES string of the molecule is CC(COc1ccc(F)cc1F)NC(=O)NCCC1=CCCCC1. The van der Waals surface area contributed by atoms with Gasteiger partial charge in [0.05, 0.1) is 6.04 Å². The molecule has 1 unspecified atom stereocenters. The summed E-state index contributed by atoms with van der Waals surface area (Å²) in [5.41, 5.74) is 1.41. The lowest BCUT2D eigenvalue weighted by Gasteiger charge is -2.17. The molecule has 0 spiro atoms. The van der Waals surface area contributed by atoms with Gasteiger partial charge >= 0.3 is 6.03 Å². The molecule has 0 radical (unpaired) electrons. The van der Waals surface area contributed by atoms with Gasteiger partial charge in [-0.1, -0.05) is 11.6 Å². The third-order valence-electron chi connectivity index (χ3n) is 3.88. The number of nitrogens with one attached hydrogen (secondary N) is 2. The van der Waals surface area contributed by atoms with Crippen LogP contribution in [0.3, 0.4) is 0 Å². The third-order valence-corrected chi connectivity index (χ3v) is 3.88. The van der Waals surface area contributed by atoms with E-state index >= 15 is 0 Å². The Kier molecular flexibility index (Phi) is 7.03. The predicted octanol–water partition coefficient (Wildman–Crippen LogP) is 3.92. The van der Waals surface area contributed by atoms with E-state index in [2.05, 4.69) is 16.7 Å². The topological polar surface area (TPSA) is 50.4 Å². The number of carbonyl (C=O) groups excluding carboxylic acids is 1. The molecular formula is C18H24F2N2O2. The van der Waals surface area contributed by atoms with Gasteiger partial charge in [-0.05, 0) is 51.2 Å². The minimum atomic E-state index is -0.757. The maximum absolute atomic E-state index is 13.4. The summed E-state index contributed by atoms with van der Waals surface area (Å²) >= 11 is 0. The summed E-state index contributed by atoms with van der Waals surface area (Å²) < 4.78 is 31.5. The van der Waals surface area contributed by atoms with Crippen molar-refractivity contribution in [2.75, 3.05) is 13.2 Å². The maximum Gasteiger partial charge on any atom is 0.315 e. The van der Waals surface area contributed by atoms with E-state index in [0.29, 0.717) is 6.54 Å². The van der Waals surface area contributed by atoms with E-state index in [1.54, 1.807) is 6.92 Å². The van der Waals surface area contributed by atoms with Crippen LogP contribution in [0.2, 0.25) is 0 Å². The van der Waals surface area contributed by atoms with E-state index in [1.165, 1.54) is 24.5 Å². The number of hydrogen-bond acceptors (Lipinski definition) is 2. The number of hydrogen-bond donors (Lipinski definition) is 2. The second-order valence-electron chi connectivity index (χ2n) is 6.05. The number of ether oxygens (including phenoxy) is 1. The van der Waals surface area contributed by atoms with Crippen LogP contribution >= 0.6 is 0 Å². The van der Waals surface area contributed by atoms with Crippen molar-refractivity contribution in [1.82, 2.24) is 10.6 Å². The molecule has 0 aromatic heterocycles. The summed E-state index contributed by atoms with van der Waals surface area (Å²) in [6, 6.07) is 2.55. The minimum absolute atomic E-state index is 0.0327. The Labute approximate surface area is 141 Å². The standard InChI is InChI=1S/C18H24F2N2O2/c1-13(12-24-17-8-7-15(19)11-16(17)20)22-18(23)21-10-9-14-5-3-2-4-6-14/h5,7-8,11,13H,2-4,6,9-10,12H2,1H3,(H2,21,22,23). The molecule has 1 atom stereocenters. The van der Waals surface area contributed by atoms with Crippen molar-refractivity contribution >= 4 is 6.03 Å². The number of carbonyl (C=O) groups is 1. The highest BCUT2D eigenvalue weighted by molar-refractivity contribution is 5.74. The van der Waals surface area contributed by atoms with Crippen LogP contribution in [0.15, 0.2) is 29.8 Å². The first-order valence-electron chi connectivity index (χ1n) is 8.34. The molecule has 4 nitrogen and oxygen atoms in total. The highest BCUT2D eigenvalue weighted by Gasteiger charge is 2.11. The molecule has 0 saturated carbocycles. The van der Waals surface area contributed by atoms with Crippen LogP contribution in [-0.2, 0) is 0 Å². The van der Waals surface area contributed by atoms with Crippen molar-refractivity contribution < 1.29 is 18.3 Å². The monoisotopic (exact) mass is 338 g/mol. The van der Waals surface area contributed by atoms with Gasteiger partial charge in [0.15, 0.2) is 11.6 Å². The number of allylic oxidation sites excluding steroid dienone is 1. The van der Waals surface area contributed by atoms with E-state index in [-0.39, 0.29) is 24.4 Å². The summed E-state index contributed by atoms with van der Waals surface area (Å²) in [4.78, 5) is 11.8. The van der Waals surface area contributed by atoms with Crippen LogP contribution in [0, 0.1) is 11.6 Å². The van der Waals surface area contributed by atoms with Crippen LogP contribution in [0.25, 0.3) is 0 Å². The Balaban J connectivity index is 1.64. The first-order valence-corrected chi connectivity index (χ1v) is 8.34. The largest absolute Gasteiger partial charge is 0.488 e. The summed E-state index contributed by atoms with van der Waals surface area (Å²) in [5, 5.41) is 5.54. The van der Waals surface area contributed by atoms with Crippen molar-refractivity contribution in [3.05, 3.63) is 41.5 Å². The molecule has 0 fully saturated rings. The van der Waals surface area contributed by atoms with Crippen molar-refractivity contribution in [2.45, 2.75) is 45.1 Å². The normalized spacial score (nSPS) is 15.4. The van der Waals surface area contributed by atoms with E-state index < -0.39 is 11.6 Å². The first kappa shape index (κ1) is 18.2. The summed E-state index contributed by atoms with van der Waals surface area (Å²) in [7, 11) is 0. The molecule has 0 bridgehead atoms. The predicted molar refractivity (Wildman–Crippen MR) is 89.0 cm³/mol. The molecule has 0 heterocycles. The van der Waals surface area contributed by atoms with Crippen molar-refractivity contribution in [1.29, 1.82) is 0 Å². The highest BCUT2D eigenvalue weighted by Crippen LogP contribution is 2.19. The lowest BCUT2D eigenvalue weighted by atomic mass is 9.97. The molecule has 1 aromatic carbocycles. The van der Waals surface area contributed by atoms with Crippen LogP contribution in [0.1, 0.15) is 39.0 Å². The average molecular weight is 338 g/mol. The zero-order valence-corrected chi connectivity index (χ0v) is 13.9. The van der Waals surface area contributed by atoms with Gasteiger partial charge in [0.1, 0.15) is 12.4 Å². The Morgan fingerprint density at radius 2 is 2.17 bits per heavy atom. The van der Waals surface area contributed by atoms with Crippen molar-refractivity contribution in [3.63, 3.8) is 0 Å². The molecule has 2 amide bonds. The second kappa shape index (κ2) is 9.25. The Hall–Kier alpha value is -2.11. The Morgan fingerprint density at radius 3 is 2.88 bits per heavy atom. The average Bonchev–Trinajstić information content (AvgIpc) is 2.55. The van der Waals surface area contributed by atoms with Gasteiger partial charge in [0.25, 0.3) is 0 Å². The number of halogens is 2. The fourth-order valence-electron chi connectivity index (χ4n) is 2.59. The van der Waals surface area contributed by atoms with Crippen LogP contribution in [0.5, 0.6) is 5.75 Å². The molecular weight excluding hydrogens is 314 g/mol. The Bertz CT molecular complexity index is 590. The molecule has 1 aromatic rings. The van der Waals surface area contributed by atoms with Crippen LogP contribution < -0.4 is 15.4 Å². The lowest BCUT2D eigenvalue weighted by Crippen LogP contribution is -2.43. The fourth-order valence-corrected chi connectivity index (χ4v) is 2.59.